The molecule has 1 aromatic rings. The number of benzene rings is 1. The number of rotatable bonds is 20. The third-order valence-corrected chi connectivity index (χ3v) is 5.96. The number of ether oxygens (including phenoxy) is 1. The molecule has 0 aliphatic rings. The fraction of sp³-hybridized carbons (Fsp3) is 0.704. The minimum absolute atomic E-state index is 0.00678. The summed E-state index contributed by atoms with van der Waals surface area (Å²) in [6.07, 6.45) is 16.8. The molecule has 2 amide bonds. The molecular weight excluding hydrogens is 416 g/mol. The summed E-state index contributed by atoms with van der Waals surface area (Å²) in [5.74, 6) is 0.803. The topological polar surface area (TPSA) is 87.7 Å². The molecule has 0 saturated heterocycles. The molecule has 1 rings (SSSR count). The van der Waals surface area contributed by atoms with E-state index in [1.807, 2.05) is 0 Å². The Morgan fingerprint density at radius 2 is 1.36 bits per heavy atom. The number of nitrogens with one attached hydrogen (secondary N) is 2. The normalized spacial score (nSPS) is 11.7. The lowest BCUT2D eigenvalue weighted by Gasteiger charge is -2.19. The summed E-state index contributed by atoms with van der Waals surface area (Å²) < 4.78 is 5.54. The van der Waals surface area contributed by atoms with Gasteiger partial charge < -0.3 is 20.5 Å². The minimum atomic E-state index is -0.0854. The van der Waals surface area contributed by atoms with Gasteiger partial charge in [0.05, 0.1) is 0 Å². The van der Waals surface area contributed by atoms with Gasteiger partial charge in [-0.25, -0.2) is 0 Å². The predicted octanol–water partition coefficient (Wildman–Crippen LogP) is 5.87. The van der Waals surface area contributed by atoms with Crippen molar-refractivity contribution < 1.29 is 19.4 Å². The molecule has 0 aromatic heterocycles. The Kier molecular flexibility index (Phi) is 16.8. The fourth-order valence-corrected chi connectivity index (χ4v) is 3.93. The zero-order valence-electron chi connectivity index (χ0n) is 20.9. The molecule has 6 nitrogen and oxygen atoms in total. The Labute approximate surface area is 200 Å². The van der Waals surface area contributed by atoms with Gasteiger partial charge in [-0.05, 0) is 43.5 Å². The quantitative estimate of drug-likeness (QED) is 0.211. The second-order valence-corrected chi connectivity index (χ2v) is 8.94. The van der Waals surface area contributed by atoms with Crippen LogP contribution < -0.4 is 15.4 Å². The first-order valence-corrected chi connectivity index (χ1v) is 13.0. The molecule has 1 unspecified atom stereocenters. The summed E-state index contributed by atoms with van der Waals surface area (Å²) in [6, 6.07) is 6.62. The molecule has 0 saturated carbocycles. The number of hydrogen-bond donors (Lipinski definition) is 3. The van der Waals surface area contributed by atoms with Gasteiger partial charge >= 0.3 is 0 Å². The van der Waals surface area contributed by atoms with Gasteiger partial charge in [0.2, 0.25) is 5.91 Å². The Bertz CT molecular complexity index is 634. The van der Waals surface area contributed by atoms with E-state index in [1.165, 1.54) is 51.4 Å². The summed E-state index contributed by atoms with van der Waals surface area (Å²) in [7, 11) is 1.69. The van der Waals surface area contributed by atoms with Gasteiger partial charge in [0, 0.05) is 19.5 Å². The maximum atomic E-state index is 12.4. The molecule has 0 fully saturated rings. The summed E-state index contributed by atoms with van der Waals surface area (Å²) in [5, 5.41) is 15.2. The van der Waals surface area contributed by atoms with Crippen molar-refractivity contribution in [1.82, 2.24) is 10.6 Å². The van der Waals surface area contributed by atoms with Gasteiger partial charge in [-0.3, -0.25) is 9.59 Å². The number of hydrogen-bond acceptors (Lipinski definition) is 4. The lowest BCUT2D eigenvalue weighted by atomic mass is 10.00. The molecule has 1 aromatic carbocycles. The van der Waals surface area contributed by atoms with Gasteiger partial charge in [0.1, 0.15) is 11.5 Å². The monoisotopic (exact) mass is 462 g/mol. The van der Waals surface area contributed by atoms with Crippen molar-refractivity contribution in [2.75, 3.05) is 13.7 Å². The summed E-state index contributed by atoms with van der Waals surface area (Å²) in [4.78, 5) is 23.6. The molecule has 0 spiro atoms. The van der Waals surface area contributed by atoms with Gasteiger partial charge in [-0.1, -0.05) is 77.6 Å². The van der Waals surface area contributed by atoms with E-state index in [0.29, 0.717) is 12.2 Å². The lowest BCUT2D eigenvalue weighted by Crippen LogP contribution is -2.38. The number of amides is 2. The van der Waals surface area contributed by atoms with Crippen LogP contribution in [0.5, 0.6) is 11.5 Å². The smallest absolute Gasteiger partial charge is 0.258 e. The van der Waals surface area contributed by atoms with Gasteiger partial charge in [-0.2, -0.15) is 0 Å². The summed E-state index contributed by atoms with van der Waals surface area (Å²) in [6.45, 7) is 2.21. The Morgan fingerprint density at radius 1 is 0.818 bits per heavy atom. The van der Waals surface area contributed by atoms with Gasteiger partial charge in [-0.15, -0.1) is 0 Å². The minimum Gasteiger partial charge on any atom is -0.508 e. The first-order chi connectivity index (χ1) is 16.0. The van der Waals surface area contributed by atoms with Crippen LogP contribution in [0.3, 0.4) is 0 Å². The van der Waals surface area contributed by atoms with E-state index in [1.54, 1.807) is 31.3 Å². The van der Waals surface area contributed by atoms with Crippen LogP contribution in [0.15, 0.2) is 24.3 Å². The molecule has 6 heteroatoms. The van der Waals surface area contributed by atoms with Crippen LogP contribution in [0.4, 0.5) is 0 Å². The number of carbonyl (C=O) groups excluding carboxylic acids is 2. The number of phenolic OH excluding ortho intramolecular Hbond substituents is 1. The van der Waals surface area contributed by atoms with Gasteiger partial charge in [0.15, 0.2) is 6.61 Å². The number of aromatic hydroxyl groups is 1. The van der Waals surface area contributed by atoms with E-state index in [2.05, 4.69) is 17.6 Å². The standard InChI is InChI=1S/C27H46N2O4/c1-3-4-5-9-12-15-23(16-13-10-7-6-8-11-14-17-26(31)28-2)29-27(32)22-33-25-20-18-24(30)19-21-25/h18-21,23,30H,3-17,22H2,1-2H3,(H,28,31)(H,29,32). The Hall–Kier alpha value is -2.24. The highest BCUT2D eigenvalue weighted by Crippen LogP contribution is 2.17. The number of unbranched alkanes of at least 4 members (excludes halogenated alkanes) is 10. The Balaban J connectivity index is 2.26. The number of carbonyl (C=O) groups is 2. The van der Waals surface area contributed by atoms with Crippen LogP contribution in [0.25, 0.3) is 0 Å². The fourth-order valence-electron chi connectivity index (χ4n) is 3.93. The van der Waals surface area contributed by atoms with Crippen LogP contribution in [0, 0.1) is 0 Å². The van der Waals surface area contributed by atoms with Crippen LogP contribution in [-0.2, 0) is 9.59 Å². The molecule has 1 atom stereocenters. The van der Waals surface area contributed by atoms with Crippen molar-refractivity contribution in [3.05, 3.63) is 24.3 Å². The third-order valence-electron chi connectivity index (χ3n) is 5.96. The van der Waals surface area contributed by atoms with E-state index in [-0.39, 0.29) is 30.2 Å². The lowest BCUT2D eigenvalue weighted by molar-refractivity contribution is -0.124. The second-order valence-electron chi connectivity index (χ2n) is 8.94. The first-order valence-electron chi connectivity index (χ1n) is 13.0. The summed E-state index contributed by atoms with van der Waals surface area (Å²) >= 11 is 0. The molecule has 33 heavy (non-hydrogen) atoms. The zero-order valence-corrected chi connectivity index (χ0v) is 20.9. The van der Waals surface area contributed by atoms with E-state index < -0.39 is 0 Å². The maximum absolute atomic E-state index is 12.4. The van der Waals surface area contributed by atoms with Crippen molar-refractivity contribution in [2.45, 2.75) is 109 Å². The number of phenols is 1. The average Bonchev–Trinajstić information content (AvgIpc) is 2.82. The Morgan fingerprint density at radius 3 is 1.94 bits per heavy atom. The largest absolute Gasteiger partial charge is 0.508 e. The van der Waals surface area contributed by atoms with E-state index in [0.717, 1.165) is 38.5 Å². The van der Waals surface area contributed by atoms with Crippen molar-refractivity contribution in [3.63, 3.8) is 0 Å². The molecule has 188 valence electrons. The van der Waals surface area contributed by atoms with E-state index >= 15 is 0 Å². The molecule has 0 radical (unpaired) electrons. The summed E-state index contributed by atoms with van der Waals surface area (Å²) in [5.41, 5.74) is 0. The van der Waals surface area contributed by atoms with Crippen LogP contribution in [-0.4, -0.2) is 36.6 Å². The first kappa shape index (κ1) is 28.8. The highest BCUT2D eigenvalue weighted by molar-refractivity contribution is 5.77. The molecule has 0 heterocycles. The van der Waals surface area contributed by atoms with E-state index in [9.17, 15) is 14.7 Å². The van der Waals surface area contributed by atoms with Crippen LogP contribution in [0.1, 0.15) is 103 Å². The second kappa shape index (κ2) is 19.2. The van der Waals surface area contributed by atoms with E-state index in [4.69, 9.17) is 4.74 Å². The molecule has 3 N–H and O–H groups in total. The van der Waals surface area contributed by atoms with Crippen molar-refractivity contribution >= 4 is 11.8 Å². The van der Waals surface area contributed by atoms with Crippen molar-refractivity contribution in [3.8, 4) is 11.5 Å². The van der Waals surface area contributed by atoms with Crippen molar-refractivity contribution in [2.24, 2.45) is 0 Å². The SMILES string of the molecule is CCCCCCCC(CCCCCCCCCC(=O)NC)NC(=O)COc1ccc(O)cc1. The van der Waals surface area contributed by atoms with Crippen molar-refractivity contribution in [1.29, 1.82) is 0 Å². The van der Waals surface area contributed by atoms with Crippen LogP contribution in [0.2, 0.25) is 0 Å². The molecule has 0 bridgehead atoms. The molecule has 0 aliphatic carbocycles. The predicted molar refractivity (Wildman–Crippen MR) is 135 cm³/mol. The third kappa shape index (κ3) is 16.1. The highest BCUT2D eigenvalue weighted by atomic mass is 16.5. The van der Waals surface area contributed by atoms with Gasteiger partial charge in [0.25, 0.3) is 5.91 Å². The highest BCUT2D eigenvalue weighted by Gasteiger charge is 2.13. The maximum Gasteiger partial charge on any atom is 0.258 e. The zero-order chi connectivity index (χ0) is 24.2. The average molecular weight is 463 g/mol. The molecule has 0 aliphatic heterocycles. The van der Waals surface area contributed by atoms with Crippen LogP contribution >= 0.6 is 0 Å². The molecular formula is C27H46N2O4.